The lowest BCUT2D eigenvalue weighted by Gasteiger charge is -2.23. The van der Waals surface area contributed by atoms with Crippen molar-refractivity contribution < 1.29 is 17.9 Å². The van der Waals surface area contributed by atoms with Crippen molar-refractivity contribution in [1.82, 2.24) is 5.32 Å². The van der Waals surface area contributed by atoms with Gasteiger partial charge in [-0.1, -0.05) is 18.2 Å². The highest BCUT2D eigenvalue weighted by molar-refractivity contribution is 7.91. The fourth-order valence-electron chi connectivity index (χ4n) is 1.98. The molecule has 0 aromatic heterocycles. The van der Waals surface area contributed by atoms with Gasteiger partial charge in [0.1, 0.15) is 5.75 Å². The fraction of sp³-hybridized carbons (Fsp3) is 0.417. The maximum absolute atomic E-state index is 11.7. The minimum Gasteiger partial charge on any atom is -0.410 e. The highest BCUT2D eigenvalue weighted by Gasteiger charge is 2.39. The zero-order valence-corrected chi connectivity index (χ0v) is 10.9. The summed E-state index contributed by atoms with van der Waals surface area (Å²) in [5, 5.41) is 2.62. The molecule has 0 spiro atoms. The summed E-state index contributed by atoms with van der Waals surface area (Å²) in [5.41, 5.74) is -0.731. The molecule has 1 aliphatic rings. The SMILES string of the molecule is CC1(NC(=O)Oc2ccccc2)CCS(=O)(=O)C1. The van der Waals surface area contributed by atoms with Gasteiger partial charge in [-0.15, -0.1) is 0 Å². The highest BCUT2D eigenvalue weighted by Crippen LogP contribution is 2.23. The van der Waals surface area contributed by atoms with Crippen LogP contribution in [0.3, 0.4) is 0 Å². The second-order valence-electron chi connectivity index (χ2n) is 4.73. The van der Waals surface area contributed by atoms with E-state index in [2.05, 4.69) is 5.32 Å². The molecule has 0 bridgehead atoms. The molecule has 1 amide bonds. The summed E-state index contributed by atoms with van der Waals surface area (Å²) in [7, 11) is -3.04. The molecule has 0 aliphatic carbocycles. The average molecular weight is 269 g/mol. The normalized spacial score (nSPS) is 25.6. The van der Waals surface area contributed by atoms with Crippen LogP contribution in [0.5, 0.6) is 5.75 Å². The Kier molecular flexibility index (Phi) is 3.30. The smallest absolute Gasteiger partial charge is 0.410 e. The van der Waals surface area contributed by atoms with Crippen LogP contribution < -0.4 is 10.1 Å². The Hall–Kier alpha value is -1.56. The van der Waals surface area contributed by atoms with E-state index in [4.69, 9.17) is 4.74 Å². The molecule has 1 unspecified atom stereocenters. The van der Waals surface area contributed by atoms with E-state index in [0.29, 0.717) is 12.2 Å². The largest absolute Gasteiger partial charge is 0.413 e. The minimum absolute atomic E-state index is 0.0378. The molecule has 1 fully saturated rings. The Bertz CT molecular complexity index is 540. The van der Waals surface area contributed by atoms with Gasteiger partial charge < -0.3 is 10.1 Å². The van der Waals surface area contributed by atoms with E-state index in [1.807, 2.05) is 6.07 Å². The molecule has 1 N–H and O–H groups in total. The van der Waals surface area contributed by atoms with E-state index >= 15 is 0 Å². The van der Waals surface area contributed by atoms with Gasteiger partial charge in [0.15, 0.2) is 9.84 Å². The quantitative estimate of drug-likeness (QED) is 0.879. The van der Waals surface area contributed by atoms with Crippen molar-refractivity contribution in [2.24, 2.45) is 0 Å². The summed E-state index contributed by atoms with van der Waals surface area (Å²) < 4.78 is 27.9. The second kappa shape index (κ2) is 4.61. The molecule has 1 saturated heterocycles. The number of hydrogen-bond donors (Lipinski definition) is 1. The standard InChI is InChI=1S/C12H15NO4S/c1-12(7-8-18(15,16)9-12)13-11(14)17-10-5-3-2-4-6-10/h2-6H,7-9H2,1H3,(H,13,14). The Balaban J connectivity index is 1.96. The molecule has 1 aliphatic heterocycles. The Morgan fingerprint density at radius 3 is 2.56 bits per heavy atom. The van der Waals surface area contributed by atoms with Crippen molar-refractivity contribution in [2.75, 3.05) is 11.5 Å². The van der Waals surface area contributed by atoms with Crippen LogP contribution in [0.4, 0.5) is 4.79 Å². The molecule has 1 aromatic carbocycles. The monoisotopic (exact) mass is 269 g/mol. The molecule has 2 rings (SSSR count). The molecule has 1 aromatic rings. The summed E-state index contributed by atoms with van der Waals surface area (Å²) in [5.74, 6) is 0.499. The van der Waals surface area contributed by atoms with E-state index < -0.39 is 21.5 Å². The first-order valence-corrected chi connectivity index (χ1v) is 7.46. The first kappa shape index (κ1) is 12.9. The first-order valence-electron chi connectivity index (χ1n) is 5.64. The lowest BCUT2D eigenvalue weighted by atomic mass is 10.0. The number of carbonyl (C=O) groups is 1. The molecule has 18 heavy (non-hydrogen) atoms. The molecule has 1 atom stereocenters. The summed E-state index contributed by atoms with van der Waals surface area (Å²) in [4.78, 5) is 11.7. The highest BCUT2D eigenvalue weighted by atomic mass is 32.2. The zero-order chi connectivity index (χ0) is 13.2. The Labute approximate surface area is 106 Å². The van der Waals surface area contributed by atoms with E-state index in [9.17, 15) is 13.2 Å². The number of benzene rings is 1. The van der Waals surface area contributed by atoms with E-state index in [1.54, 1.807) is 31.2 Å². The topological polar surface area (TPSA) is 72.5 Å². The van der Waals surface area contributed by atoms with E-state index in [-0.39, 0.29) is 11.5 Å². The number of sulfone groups is 1. The number of para-hydroxylation sites is 1. The maximum atomic E-state index is 11.7. The number of carbonyl (C=O) groups excluding carboxylic acids is 1. The Morgan fingerprint density at radius 2 is 2.00 bits per heavy atom. The van der Waals surface area contributed by atoms with Crippen LogP contribution in [0.2, 0.25) is 0 Å². The number of rotatable bonds is 2. The average Bonchev–Trinajstić information content (AvgIpc) is 2.53. The van der Waals surface area contributed by atoms with Crippen molar-refractivity contribution in [1.29, 1.82) is 0 Å². The van der Waals surface area contributed by atoms with Crippen molar-refractivity contribution in [3.05, 3.63) is 30.3 Å². The lowest BCUT2D eigenvalue weighted by Crippen LogP contribution is -2.48. The number of hydrogen-bond acceptors (Lipinski definition) is 4. The maximum Gasteiger partial charge on any atom is 0.413 e. The Morgan fingerprint density at radius 1 is 1.33 bits per heavy atom. The van der Waals surface area contributed by atoms with Gasteiger partial charge in [-0.25, -0.2) is 13.2 Å². The third-order valence-electron chi connectivity index (χ3n) is 2.86. The van der Waals surface area contributed by atoms with Crippen molar-refractivity contribution in [3.8, 4) is 5.75 Å². The fourth-order valence-corrected chi connectivity index (χ4v) is 4.07. The molecular formula is C12H15NO4S. The van der Waals surface area contributed by atoms with Gasteiger partial charge in [0, 0.05) is 0 Å². The van der Waals surface area contributed by atoms with E-state index in [0.717, 1.165) is 0 Å². The van der Waals surface area contributed by atoms with Gasteiger partial charge >= 0.3 is 6.09 Å². The summed E-state index contributed by atoms with van der Waals surface area (Å²) in [6.45, 7) is 1.71. The van der Waals surface area contributed by atoms with Gasteiger partial charge in [0.25, 0.3) is 0 Å². The van der Waals surface area contributed by atoms with E-state index in [1.165, 1.54) is 0 Å². The lowest BCUT2D eigenvalue weighted by molar-refractivity contribution is 0.189. The summed E-state index contributed by atoms with van der Waals surface area (Å²) in [6, 6.07) is 8.64. The number of amides is 1. The predicted octanol–water partition coefficient (Wildman–Crippen LogP) is 1.35. The second-order valence-corrected chi connectivity index (χ2v) is 6.91. The van der Waals surface area contributed by atoms with Crippen molar-refractivity contribution in [3.63, 3.8) is 0 Å². The van der Waals surface area contributed by atoms with Crippen LogP contribution in [0.15, 0.2) is 30.3 Å². The van der Waals surface area contributed by atoms with Crippen molar-refractivity contribution in [2.45, 2.75) is 18.9 Å². The molecule has 0 saturated carbocycles. The summed E-state index contributed by atoms with van der Waals surface area (Å²) >= 11 is 0. The predicted molar refractivity (Wildman–Crippen MR) is 67.3 cm³/mol. The van der Waals surface area contributed by atoms with Gasteiger partial charge in [0.2, 0.25) is 0 Å². The molecular weight excluding hydrogens is 254 g/mol. The van der Waals surface area contributed by atoms with Crippen LogP contribution in [-0.2, 0) is 9.84 Å². The zero-order valence-electron chi connectivity index (χ0n) is 10.0. The number of ether oxygens (including phenoxy) is 1. The molecule has 5 nitrogen and oxygen atoms in total. The van der Waals surface area contributed by atoms with Gasteiger partial charge in [-0.05, 0) is 25.5 Å². The molecule has 6 heteroatoms. The molecule has 1 heterocycles. The van der Waals surface area contributed by atoms with Crippen LogP contribution >= 0.6 is 0 Å². The van der Waals surface area contributed by atoms with Crippen molar-refractivity contribution >= 4 is 15.9 Å². The molecule has 98 valence electrons. The molecule has 0 radical (unpaired) electrons. The van der Waals surface area contributed by atoms with Gasteiger partial charge in [0.05, 0.1) is 17.0 Å². The van der Waals surface area contributed by atoms with Gasteiger partial charge in [-0.2, -0.15) is 0 Å². The third-order valence-corrected chi connectivity index (χ3v) is 4.76. The third kappa shape index (κ3) is 3.22. The van der Waals surface area contributed by atoms with Gasteiger partial charge in [-0.3, -0.25) is 0 Å². The van der Waals surface area contributed by atoms with Crippen LogP contribution in [-0.4, -0.2) is 31.6 Å². The minimum atomic E-state index is -3.04. The first-order chi connectivity index (χ1) is 8.39. The van der Waals surface area contributed by atoms with Crippen LogP contribution in [0, 0.1) is 0 Å². The summed E-state index contributed by atoms with van der Waals surface area (Å²) in [6.07, 6.45) is -0.208. The van der Waals surface area contributed by atoms with Crippen LogP contribution in [0.1, 0.15) is 13.3 Å². The number of nitrogens with one attached hydrogen (secondary N) is 1. The van der Waals surface area contributed by atoms with Crippen LogP contribution in [0.25, 0.3) is 0 Å².